The van der Waals surface area contributed by atoms with E-state index in [4.69, 9.17) is 4.74 Å². The number of hydrogen-bond donors (Lipinski definition) is 1. The van der Waals surface area contributed by atoms with E-state index >= 15 is 0 Å². The van der Waals surface area contributed by atoms with E-state index in [2.05, 4.69) is 5.32 Å². The maximum atomic E-state index is 11.5. The van der Waals surface area contributed by atoms with Crippen molar-refractivity contribution in [2.45, 2.75) is 31.5 Å². The van der Waals surface area contributed by atoms with E-state index in [9.17, 15) is 8.42 Å². The molecule has 3 rings (SSSR count). The van der Waals surface area contributed by atoms with Gasteiger partial charge in [0.25, 0.3) is 0 Å². The summed E-state index contributed by atoms with van der Waals surface area (Å²) in [5, 5.41) is 4.68. The van der Waals surface area contributed by atoms with Crippen molar-refractivity contribution < 1.29 is 13.2 Å². The molecule has 2 heterocycles. The van der Waals surface area contributed by atoms with Crippen LogP contribution in [0.3, 0.4) is 0 Å². The van der Waals surface area contributed by atoms with Gasteiger partial charge in [-0.25, -0.2) is 8.42 Å². The third-order valence-electron chi connectivity index (χ3n) is 3.61. The standard InChI is InChI=1S/C14H17NO3S/c1-14(2)13(11-5-3-4-6-12(11)18-14)15-10-7-8-19(16,17)9-10/h3-8,10,13,15H,9H2,1-2H3. The molecule has 102 valence electrons. The monoisotopic (exact) mass is 279 g/mol. The van der Waals surface area contributed by atoms with Crippen molar-refractivity contribution in [2.75, 3.05) is 5.75 Å². The van der Waals surface area contributed by atoms with Crippen molar-refractivity contribution in [3.05, 3.63) is 41.3 Å². The van der Waals surface area contributed by atoms with Crippen LogP contribution in [0.2, 0.25) is 0 Å². The van der Waals surface area contributed by atoms with Gasteiger partial charge in [0, 0.05) is 17.0 Å². The molecule has 0 radical (unpaired) electrons. The molecule has 2 aliphatic rings. The average Bonchev–Trinajstić information content (AvgIpc) is 2.77. The van der Waals surface area contributed by atoms with Crippen LogP contribution < -0.4 is 10.1 Å². The lowest BCUT2D eigenvalue weighted by molar-refractivity contribution is 0.0945. The Balaban J connectivity index is 1.86. The fraction of sp³-hybridized carbons (Fsp3) is 0.429. The number of sulfone groups is 1. The van der Waals surface area contributed by atoms with Crippen LogP contribution in [0.4, 0.5) is 0 Å². The van der Waals surface area contributed by atoms with Gasteiger partial charge < -0.3 is 4.74 Å². The largest absolute Gasteiger partial charge is 0.486 e. The van der Waals surface area contributed by atoms with Gasteiger partial charge in [-0.1, -0.05) is 24.3 Å². The van der Waals surface area contributed by atoms with Crippen molar-refractivity contribution in [2.24, 2.45) is 0 Å². The second-order valence-corrected chi connectivity index (χ2v) is 7.54. The molecule has 2 atom stereocenters. The number of benzene rings is 1. The first-order valence-electron chi connectivity index (χ1n) is 6.32. The van der Waals surface area contributed by atoms with Crippen molar-refractivity contribution in [1.82, 2.24) is 5.32 Å². The normalized spacial score (nSPS) is 30.0. The molecule has 19 heavy (non-hydrogen) atoms. The highest BCUT2D eigenvalue weighted by atomic mass is 32.2. The molecule has 0 amide bonds. The molecule has 1 aromatic carbocycles. The van der Waals surface area contributed by atoms with Gasteiger partial charge in [-0.3, -0.25) is 5.32 Å². The lowest BCUT2D eigenvalue weighted by atomic mass is 9.94. The molecule has 5 heteroatoms. The molecule has 2 unspecified atom stereocenters. The van der Waals surface area contributed by atoms with Crippen LogP contribution in [-0.2, 0) is 9.84 Å². The Morgan fingerprint density at radius 1 is 1.32 bits per heavy atom. The fourth-order valence-corrected chi connectivity index (χ4v) is 3.96. The minimum Gasteiger partial charge on any atom is -0.486 e. The van der Waals surface area contributed by atoms with Crippen LogP contribution in [0, 0.1) is 0 Å². The molecular weight excluding hydrogens is 262 g/mol. The van der Waals surface area contributed by atoms with Crippen LogP contribution in [0.25, 0.3) is 0 Å². The van der Waals surface area contributed by atoms with Crippen molar-refractivity contribution >= 4 is 9.84 Å². The first-order chi connectivity index (χ1) is 8.87. The SMILES string of the molecule is CC1(C)Oc2ccccc2C1NC1C=CS(=O)(=O)C1. The molecule has 0 bridgehead atoms. The number of para-hydroxylation sites is 1. The zero-order valence-electron chi connectivity index (χ0n) is 11.0. The molecule has 0 spiro atoms. The Kier molecular flexibility index (Phi) is 2.73. The maximum Gasteiger partial charge on any atom is 0.173 e. The summed E-state index contributed by atoms with van der Waals surface area (Å²) in [5.74, 6) is 0.997. The smallest absolute Gasteiger partial charge is 0.173 e. The van der Waals surface area contributed by atoms with E-state index in [1.165, 1.54) is 5.41 Å². The molecule has 0 fully saturated rings. The molecule has 1 N–H and O–H groups in total. The first-order valence-corrected chi connectivity index (χ1v) is 8.04. The topological polar surface area (TPSA) is 55.4 Å². The summed E-state index contributed by atoms with van der Waals surface area (Å²) >= 11 is 0. The molecule has 4 nitrogen and oxygen atoms in total. The van der Waals surface area contributed by atoms with E-state index in [-0.39, 0.29) is 23.4 Å². The van der Waals surface area contributed by atoms with Gasteiger partial charge in [-0.2, -0.15) is 0 Å². The highest BCUT2D eigenvalue weighted by Gasteiger charge is 2.42. The molecule has 1 aromatic rings. The number of nitrogens with one attached hydrogen (secondary N) is 1. The van der Waals surface area contributed by atoms with Gasteiger partial charge in [0.15, 0.2) is 9.84 Å². The van der Waals surface area contributed by atoms with E-state index in [0.717, 1.165) is 11.3 Å². The minimum atomic E-state index is -3.04. The second kappa shape index (κ2) is 4.08. The summed E-state index contributed by atoms with van der Waals surface area (Å²) in [5.41, 5.74) is 0.703. The predicted molar refractivity (Wildman–Crippen MR) is 73.7 cm³/mol. The van der Waals surface area contributed by atoms with Gasteiger partial charge in [0.1, 0.15) is 11.4 Å². The first kappa shape index (κ1) is 12.7. The summed E-state index contributed by atoms with van der Waals surface area (Å²) in [7, 11) is -3.04. The average molecular weight is 279 g/mol. The van der Waals surface area contributed by atoms with Crippen LogP contribution >= 0.6 is 0 Å². The predicted octanol–water partition coefficient (Wildman–Crippen LogP) is 1.80. The molecule has 0 aliphatic carbocycles. The van der Waals surface area contributed by atoms with E-state index in [1.807, 2.05) is 38.1 Å². The van der Waals surface area contributed by atoms with Crippen molar-refractivity contribution in [3.63, 3.8) is 0 Å². The van der Waals surface area contributed by atoms with Gasteiger partial charge >= 0.3 is 0 Å². The molecule has 2 aliphatic heterocycles. The summed E-state index contributed by atoms with van der Waals surface area (Å²) in [6, 6.07) is 7.72. The number of fused-ring (bicyclic) bond motifs is 1. The minimum absolute atomic E-state index is 0.00773. The lowest BCUT2D eigenvalue weighted by Gasteiger charge is -2.29. The summed E-state index contributed by atoms with van der Waals surface area (Å²) < 4.78 is 28.9. The summed E-state index contributed by atoms with van der Waals surface area (Å²) in [6.07, 6.45) is 1.71. The fourth-order valence-electron chi connectivity index (χ4n) is 2.71. The number of ether oxygens (including phenoxy) is 1. The maximum absolute atomic E-state index is 11.5. The van der Waals surface area contributed by atoms with E-state index < -0.39 is 9.84 Å². The van der Waals surface area contributed by atoms with E-state index in [1.54, 1.807) is 6.08 Å². The van der Waals surface area contributed by atoms with E-state index in [0.29, 0.717) is 0 Å². The van der Waals surface area contributed by atoms with Gasteiger partial charge in [-0.05, 0) is 19.9 Å². The zero-order valence-corrected chi connectivity index (χ0v) is 11.8. The number of hydrogen-bond acceptors (Lipinski definition) is 4. The van der Waals surface area contributed by atoms with Crippen molar-refractivity contribution in [1.29, 1.82) is 0 Å². The van der Waals surface area contributed by atoms with Gasteiger partial charge in [0.05, 0.1) is 11.8 Å². The highest BCUT2D eigenvalue weighted by Crippen LogP contribution is 2.43. The Bertz CT molecular complexity index is 634. The van der Waals surface area contributed by atoms with Crippen molar-refractivity contribution in [3.8, 4) is 5.75 Å². The Hall–Kier alpha value is -1.33. The van der Waals surface area contributed by atoms with Crippen LogP contribution in [-0.4, -0.2) is 25.8 Å². The molecule has 0 aromatic heterocycles. The second-order valence-electron chi connectivity index (χ2n) is 5.61. The van der Waals surface area contributed by atoms with Crippen LogP contribution in [0.5, 0.6) is 5.75 Å². The molecule has 0 saturated carbocycles. The quantitative estimate of drug-likeness (QED) is 0.897. The Labute approximate surface area is 113 Å². The highest BCUT2D eigenvalue weighted by molar-refractivity contribution is 7.94. The number of rotatable bonds is 2. The van der Waals surface area contributed by atoms with Crippen LogP contribution in [0.15, 0.2) is 35.7 Å². The van der Waals surface area contributed by atoms with Gasteiger partial charge in [-0.15, -0.1) is 0 Å². The third-order valence-corrected chi connectivity index (χ3v) is 5.00. The van der Waals surface area contributed by atoms with Gasteiger partial charge in [0.2, 0.25) is 0 Å². The zero-order chi connectivity index (χ0) is 13.7. The summed E-state index contributed by atoms with van der Waals surface area (Å²) in [4.78, 5) is 0. The Morgan fingerprint density at radius 3 is 2.74 bits per heavy atom. The summed E-state index contributed by atoms with van der Waals surface area (Å²) in [6.45, 7) is 4.02. The molecule has 0 saturated heterocycles. The third kappa shape index (κ3) is 2.28. The van der Waals surface area contributed by atoms with Crippen LogP contribution in [0.1, 0.15) is 25.5 Å². The Morgan fingerprint density at radius 2 is 2.05 bits per heavy atom. The lowest BCUT2D eigenvalue weighted by Crippen LogP contribution is -2.44. The molecular formula is C14H17NO3S.